The van der Waals surface area contributed by atoms with E-state index >= 15 is 0 Å². The summed E-state index contributed by atoms with van der Waals surface area (Å²) in [4.78, 5) is 0. The maximum Gasteiger partial charge on any atom is -1.00 e. The Morgan fingerprint density at radius 1 is 0.778 bits per heavy atom. The van der Waals surface area contributed by atoms with Crippen LogP contribution in [0, 0.1) is 0 Å². The molecule has 0 nitrogen and oxygen atoms in total. The Morgan fingerprint density at radius 2 is 1.17 bits per heavy atom. The molecule has 0 radical (unpaired) electrons. The summed E-state index contributed by atoms with van der Waals surface area (Å²) >= 11 is -1.66. The van der Waals surface area contributed by atoms with Gasteiger partial charge in [-0.3, -0.25) is 0 Å². The quantitative estimate of drug-likeness (QED) is 0.350. The Morgan fingerprint density at radius 3 is 1.44 bits per heavy atom. The standard InChI is InChI=1S/3C4H9.C4H7.BrH.Sb/c4*1-3-4-2;;/h3*1,3-4H2,2H3;3-4H,1H2,2H3;1H;/q;;;;;+1/p-1/b;;;4-3+;;. The van der Waals surface area contributed by atoms with Crippen molar-refractivity contribution in [1.82, 2.24) is 0 Å². The summed E-state index contributed by atoms with van der Waals surface area (Å²) in [7, 11) is 0. The molecule has 0 aliphatic rings. The summed E-state index contributed by atoms with van der Waals surface area (Å²) < 4.78 is 6.42. The maximum absolute atomic E-state index is 2.49. The summed E-state index contributed by atoms with van der Waals surface area (Å²) in [6.07, 6.45) is 13.4. The van der Waals surface area contributed by atoms with Crippen molar-refractivity contribution < 1.29 is 17.0 Å². The van der Waals surface area contributed by atoms with Crippen molar-refractivity contribution in [3.8, 4) is 0 Å². The van der Waals surface area contributed by atoms with Crippen LogP contribution in [0.4, 0.5) is 0 Å². The van der Waals surface area contributed by atoms with Crippen LogP contribution in [0.1, 0.15) is 66.2 Å². The molecule has 0 aliphatic heterocycles. The first-order valence-electron chi connectivity index (χ1n) is 7.71. The van der Waals surface area contributed by atoms with E-state index in [1.54, 1.807) is 13.1 Å². The zero-order valence-corrected chi connectivity index (χ0v) is 17.2. The van der Waals surface area contributed by atoms with Crippen LogP contribution in [0.25, 0.3) is 0 Å². The molecule has 0 saturated heterocycles. The minimum atomic E-state index is -1.66. The Hall–Kier alpha value is 1.04. The molecule has 2 heteroatoms. The van der Waals surface area contributed by atoms with Crippen molar-refractivity contribution >= 4 is 18.8 Å². The Bertz CT molecular complexity index is 168. The number of unbranched alkanes of at least 4 members (excludes halogenated alkanes) is 3. The second-order valence-corrected chi connectivity index (χ2v) is 17.9. The summed E-state index contributed by atoms with van der Waals surface area (Å²) in [5.74, 6) is 0. The van der Waals surface area contributed by atoms with Crippen LogP contribution >= 0.6 is 0 Å². The van der Waals surface area contributed by atoms with E-state index in [0.717, 1.165) is 0 Å². The molecule has 0 amide bonds. The zero-order chi connectivity index (χ0) is 13.0. The first kappa shape index (κ1) is 21.3. The van der Waals surface area contributed by atoms with Gasteiger partial charge in [0, 0.05) is 0 Å². The van der Waals surface area contributed by atoms with Crippen LogP contribution in [-0.4, -0.2) is 18.8 Å². The molecule has 0 bridgehead atoms. The molecular weight excluding hydrogens is 394 g/mol. The zero-order valence-electron chi connectivity index (χ0n) is 13.1. The van der Waals surface area contributed by atoms with Gasteiger partial charge in [-0.05, 0) is 0 Å². The summed E-state index contributed by atoms with van der Waals surface area (Å²) in [6, 6.07) is 0. The van der Waals surface area contributed by atoms with Crippen LogP contribution in [0.5, 0.6) is 0 Å². The fourth-order valence-electron chi connectivity index (χ4n) is 2.42. The predicted octanol–water partition coefficient (Wildman–Crippen LogP) is 3.42. The summed E-state index contributed by atoms with van der Waals surface area (Å²) in [5, 5.41) is 0. The van der Waals surface area contributed by atoms with Crippen LogP contribution in [-0.2, 0) is 0 Å². The van der Waals surface area contributed by atoms with Gasteiger partial charge in [-0.1, -0.05) is 0 Å². The van der Waals surface area contributed by atoms with Crippen LogP contribution in [0.15, 0.2) is 12.2 Å². The van der Waals surface area contributed by atoms with E-state index in [4.69, 9.17) is 0 Å². The third kappa shape index (κ3) is 9.90. The topological polar surface area (TPSA) is 0 Å². The number of hydrogen-bond acceptors (Lipinski definition) is 0. The predicted molar refractivity (Wildman–Crippen MR) is 84.5 cm³/mol. The molecular formula is C16H34BrSb. The molecule has 0 heterocycles. The second-order valence-electron chi connectivity index (χ2n) is 5.32. The largest absolute Gasteiger partial charge is 1.00 e. The first-order chi connectivity index (χ1) is 8.24. The van der Waals surface area contributed by atoms with Gasteiger partial charge in [0.1, 0.15) is 0 Å². The molecule has 0 spiro atoms. The molecule has 0 unspecified atom stereocenters. The Balaban J connectivity index is 0. The maximum atomic E-state index is 2.49. The minimum Gasteiger partial charge on any atom is -1.00 e. The van der Waals surface area contributed by atoms with Gasteiger partial charge in [-0.25, -0.2) is 0 Å². The first-order valence-corrected chi connectivity index (χ1v) is 14.9. The molecule has 0 aromatic rings. The average molecular weight is 428 g/mol. The summed E-state index contributed by atoms with van der Waals surface area (Å²) in [6.45, 7) is 9.24. The van der Waals surface area contributed by atoms with Crippen molar-refractivity contribution in [3.05, 3.63) is 12.2 Å². The van der Waals surface area contributed by atoms with E-state index < -0.39 is 18.8 Å². The fourth-order valence-corrected chi connectivity index (χ4v) is 16.2. The normalized spacial score (nSPS) is 11.8. The van der Waals surface area contributed by atoms with E-state index in [0.29, 0.717) is 0 Å². The third-order valence-corrected chi connectivity index (χ3v) is 17.3. The molecule has 110 valence electrons. The smallest absolute Gasteiger partial charge is 1.00 e. The Kier molecular flexibility index (Phi) is 17.1. The minimum absolute atomic E-state index is 0. The van der Waals surface area contributed by atoms with Gasteiger partial charge in [-0.2, -0.15) is 0 Å². The van der Waals surface area contributed by atoms with Crippen LogP contribution in [0.2, 0.25) is 17.5 Å². The number of halogens is 1. The molecule has 18 heavy (non-hydrogen) atoms. The molecule has 0 aliphatic carbocycles. The molecule has 0 aromatic carbocycles. The SMILES string of the molecule is C/C=C/[CH2][Sb+]([CH2]CCC)([CH2]CCC)[CH2]CCC.[Br-]. The van der Waals surface area contributed by atoms with Gasteiger partial charge in [-0.15, -0.1) is 0 Å². The molecule has 0 fully saturated rings. The number of rotatable bonds is 11. The van der Waals surface area contributed by atoms with E-state index in [-0.39, 0.29) is 17.0 Å². The third-order valence-electron chi connectivity index (χ3n) is 3.69. The van der Waals surface area contributed by atoms with Crippen molar-refractivity contribution in [1.29, 1.82) is 0 Å². The van der Waals surface area contributed by atoms with E-state index in [2.05, 4.69) is 39.8 Å². The van der Waals surface area contributed by atoms with Gasteiger partial charge < -0.3 is 17.0 Å². The van der Waals surface area contributed by atoms with Gasteiger partial charge in [0.25, 0.3) is 0 Å². The van der Waals surface area contributed by atoms with Crippen molar-refractivity contribution in [2.45, 2.75) is 83.7 Å². The van der Waals surface area contributed by atoms with E-state index in [9.17, 15) is 0 Å². The van der Waals surface area contributed by atoms with Gasteiger partial charge in [0.2, 0.25) is 0 Å². The average Bonchev–Trinajstić information content (AvgIpc) is 2.37. The molecule has 0 N–H and O–H groups in total. The van der Waals surface area contributed by atoms with Gasteiger partial charge in [0.15, 0.2) is 0 Å². The van der Waals surface area contributed by atoms with Crippen LogP contribution in [0.3, 0.4) is 0 Å². The molecule has 0 rings (SSSR count). The van der Waals surface area contributed by atoms with Crippen molar-refractivity contribution in [3.63, 3.8) is 0 Å². The monoisotopic (exact) mass is 426 g/mol. The number of allylic oxidation sites excluding steroid dienone is 2. The van der Waals surface area contributed by atoms with Gasteiger partial charge >= 0.3 is 115 Å². The van der Waals surface area contributed by atoms with E-state index in [1.807, 2.05) is 0 Å². The molecule has 0 saturated carbocycles. The Labute approximate surface area is 131 Å². The van der Waals surface area contributed by atoms with Crippen LogP contribution < -0.4 is 17.0 Å². The van der Waals surface area contributed by atoms with Gasteiger partial charge in [0.05, 0.1) is 0 Å². The number of hydrogen-bond donors (Lipinski definition) is 0. The van der Waals surface area contributed by atoms with Crippen molar-refractivity contribution in [2.24, 2.45) is 0 Å². The van der Waals surface area contributed by atoms with E-state index in [1.165, 1.54) is 42.9 Å². The fraction of sp³-hybridized carbons (Fsp3) is 0.875. The molecule has 0 aromatic heterocycles. The second kappa shape index (κ2) is 14.4. The molecule has 0 atom stereocenters. The van der Waals surface area contributed by atoms with Crippen molar-refractivity contribution in [2.75, 3.05) is 0 Å². The summed E-state index contributed by atoms with van der Waals surface area (Å²) in [5.41, 5.74) is 0.